The summed E-state index contributed by atoms with van der Waals surface area (Å²) in [5, 5.41) is 0. The highest BCUT2D eigenvalue weighted by atomic mass is 16.5. The third-order valence-corrected chi connectivity index (χ3v) is 3.70. The first-order valence-electron chi connectivity index (χ1n) is 7.26. The number of pyridine rings is 1. The molecule has 1 aromatic heterocycles. The average Bonchev–Trinajstić information content (AvgIpc) is 3.32. The third-order valence-electron chi connectivity index (χ3n) is 3.70. The van der Waals surface area contributed by atoms with Crippen molar-refractivity contribution in [3.63, 3.8) is 0 Å². The Morgan fingerprint density at radius 1 is 1.23 bits per heavy atom. The molecule has 1 aromatic carbocycles. The Balaban J connectivity index is 1.88. The molecular weight excluding hydrogens is 280 g/mol. The van der Waals surface area contributed by atoms with Crippen LogP contribution in [0.5, 0.6) is 5.75 Å². The average molecular weight is 298 g/mol. The summed E-state index contributed by atoms with van der Waals surface area (Å²) in [6.45, 7) is 2.19. The summed E-state index contributed by atoms with van der Waals surface area (Å²) in [5.41, 5.74) is 1.82. The lowest BCUT2D eigenvalue weighted by Crippen LogP contribution is -2.16. The van der Waals surface area contributed by atoms with Crippen LogP contribution in [-0.2, 0) is 9.53 Å². The minimum absolute atomic E-state index is 0.0753. The van der Waals surface area contributed by atoms with Gasteiger partial charge >= 0.3 is 5.97 Å². The van der Waals surface area contributed by atoms with Crippen LogP contribution in [0.2, 0.25) is 0 Å². The van der Waals surface area contributed by atoms with Crippen LogP contribution in [-0.4, -0.2) is 30.7 Å². The van der Waals surface area contributed by atoms with Crippen LogP contribution in [0, 0.1) is 0 Å². The zero-order chi connectivity index (χ0) is 15.5. The van der Waals surface area contributed by atoms with Crippen molar-refractivity contribution < 1.29 is 14.3 Å². The Morgan fingerprint density at radius 2 is 2.00 bits per heavy atom. The smallest absolute Gasteiger partial charge is 0.331 e. The van der Waals surface area contributed by atoms with Crippen molar-refractivity contribution in [2.75, 3.05) is 18.6 Å². The van der Waals surface area contributed by atoms with Gasteiger partial charge in [0.25, 0.3) is 0 Å². The van der Waals surface area contributed by atoms with Gasteiger partial charge < -0.3 is 14.4 Å². The van der Waals surface area contributed by atoms with Gasteiger partial charge in [0.2, 0.25) is 0 Å². The molecule has 1 saturated heterocycles. The standard InChI is InChI=1S/C17H18N2O3/c1-3-22-17(20)16-15(14-6-4-5-11-18-14)19(16)12-7-9-13(21-2)10-8-12/h4-11,15-16H,3H2,1-2H3/t15-,16-,19?/m0/s1. The Kier molecular flexibility index (Phi) is 3.96. The van der Waals surface area contributed by atoms with E-state index in [9.17, 15) is 4.79 Å². The predicted molar refractivity (Wildman–Crippen MR) is 82.9 cm³/mol. The van der Waals surface area contributed by atoms with Crippen molar-refractivity contribution in [1.82, 2.24) is 4.98 Å². The summed E-state index contributed by atoms with van der Waals surface area (Å²) in [6, 6.07) is 13.0. The normalized spacial score (nSPS) is 19.6. The number of esters is 1. The molecule has 0 amide bonds. The van der Waals surface area contributed by atoms with Gasteiger partial charge in [-0.3, -0.25) is 4.98 Å². The van der Waals surface area contributed by atoms with Gasteiger partial charge in [-0.1, -0.05) is 6.07 Å². The largest absolute Gasteiger partial charge is 0.497 e. The maximum Gasteiger partial charge on any atom is 0.331 e. The minimum atomic E-state index is -0.316. The Hall–Kier alpha value is -2.56. The van der Waals surface area contributed by atoms with E-state index in [1.165, 1.54) is 0 Å². The highest BCUT2D eigenvalue weighted by Crippen LogP contribution is 2.47. The van der Waals surface area contributed by atoms with E-state index in [0.717, 1.165) is 17.1 Å². The summed E-state index contributed by atoms with van der Waals surface area (Å²) in [5.74, 6) is 0.571. The van der Waals surface area contributed by atoms with Crippen LogP contribution in [0.3, 0.4) is 0 Å². The number of hydrogen-bond donors (Lipinski definition) is 0. The molecule has 22 heavy (non-hydrogen) atoms. The third kappa shape index (κ3) is 2.62. The van der Waals surface area contributed by atoms with Crippen LogP contribution in [0.25, 0.3) is 0 Å². The SMILES string of the molecule is CCOC(=O)[C@@H]1[C@H](c2ccccn2)N1c1ccc(OC)cc1. The monoisotopic (exact) mass is 298 g/mol. The zero-order valence-electron chi connectivity index (χ0n) is 12.6. The summed E-state index contributed by atoms with van der Waals surface area (Å²) in [4.78, 5) is 18.6. The molecule has 0 spiro atoms. The van der Waals surface area contributed by atoms with Crippen molar-refractivity contribution in [3.05, 3.63) is 54.4 Å². The first-order chi connectivity index (χ1) is 10.8. The number of carbonyl (C=O) groups excluding carboxylic acids is 1. The van der Waals surface area contributed by atoms with Crippen LogP contribution >= 0.6 is 0 Å². The van der Waals surface area contributed by atoms with E-state index in [4.69, 9.17) is 9.47 Å². The number of benzene rings is 1. The van der Waals surface area contributed by atoms with Gasteiger partial charge in [0, 0.05) is 11.9 Å². The summed E-state index contributed by atoms with van der Waals surface area (Å²) < 4.78 is 10.4. The molecule has 0 saturated carbocycles. The fraction of sp³-hybridized carbons (Fsp3) is 0.294. The number of hydrogen-bond acceptors (Lipinski definition) is 5. The highest BCUT2D eigenvalue weighted by Gasteiger charge is 2.55. The molecule has 0 radical (unpaired) electrons. The van der Waals surface area contributed by atoms with E-state index >= 15 is 0 Å². The molecule has 1 aliphatic rings. The molecule has 0 unspecified atom stereocenters. The van der Waals surface area contributed by atoms with Gasteiger partial charge in [0.05, 0.1) is 19.4 Å². The molecule has 5 nitrogen and oxygen atoms in total. The van der Waals surface area contributed by atoms with E-state index in [0.29, 0.717) is 6.61 Å². The van der Waals surface area contributed by atoms with E-state index in [1.54, 1.807) is 13.3 Å². The number of nitrogens with zero attached hydrogens (tertiary/aromatic N) is 2. The van der Waals surface area contributed by atoms with E-state index in [2.05, 4.69) is 4.98 Å². The second kappa shape index (κ2) is 6.05. The molecule has 0 bridgehead atoms. The lowest BCUT2D eigenvalue weighted by atomic mass is 10.2. The molecule has 0 aliphatic carbocycles. The van der Waals surface area contributed by atoms with Gasteiger partial charge in [-0.25, -0.2) is 4.79 Å². The van der Waals surface area contributed by atoms with Crippen molar-refractivity contribution >= 4 is 11.7 Å². The first-order valence-corrected chi connectivity index (χ1v) is 7.26. The van der Waals surface area contributed by atoms with Gasteiger partial charge in [0.1, 0.15) is 11.8 Å². The van der Waals surface area contributed by atoms with Crippen molar-refractivity contribution in [3.8, 4) is 5.75 Å². The molecule has 1 fully saturated rings. The quantitative estimate of drug-likeness (QED) is 0.627. The number of methoxy groups -OCH3 is 1. The molecule has 2 heterocycles. The van der Waals surface area contributed by atoms with E-state index in [1.807, 2.05) is 54.3 Å². The summed E-state index contributed by atoms with van der Waals surface area (Å²) in [7, 11) is 1.63. The molecule has 114 valence electrons. The Morgan fingerprint density at radius 3 is 2.59 bits per heavy atom. The second-order valence-corrected chi connectivity index (χ2v) is 5.00. The van der Waals surface area contributed by atoms with Crippen LogP contribution in [0.15, 0.2) is 48.7 Å². The molecule has 0 N–H and O–H groups in total. The topological polar surface area (TPSA) is 51.4 Å². The maximum absolute atomic E-state index is 12.2. The van der Waals surface area contributed by atoms with E-state index < -0.39 is 0 Å². The van der Waals surface area contributed by atoms with Crippen LogP contribution in [0.1, 0.15) is 18.7 Å². The van der Waals surface area contributed by atoms with Gasteiger partial charge in [-0.2, -0.15) is 0 Å². The van der Waals surface area contributed by atoms with E-state index in [-0.39, 0.29) is 18.1 Å². The van der Waals surface area contributed by atoms with Crippen molar-refractivity contribution in [2.24, 2.45) is 0 Å². The van der Waals surface area contributed by atoms with Gasteiger partial charge in [-0.05, 0) is 43.3 Å². The number of anilines is 1. The minimum Gasteiger partial charge on any atom is -0.497 e. The van der Waals surface area contributed by atoms with Gasteiger partial charge in [0.15, 0.2) is 6.04 Å². The molecule has 5 heteroatoms. The molecule has 2 atom stereocenters. The number of aromatic nitrogens is 1. The lowest BCUT2D eigenvalue weighted by Gasteiger charge is -2.07. The number of rotatable bonds is 5. The second-order valence-electron chi connectivity index (χ2n) is 5.00. The van der Waals surface area contributed by atoms with Gasteiger partial charge in [-0.15, -0.1) is 0 Å². The molecule has 1 aliphatic heterocycles. The Bertz CT molecular complexity index is 643. The Labute approximate surface area is 129 Å². The van der Waals surface area contributed by atoms with Crippen molar-refractivity contribution in [2.45, 2.75) is 19.0 Å². The fourth-order valence-electron chi connectivity index (χ4n) is 2.63. The molecule has 2 aromatic rings. The predicted octanol–water partition coefficient (Wildman–Crippen LogP) is 2.58. The number of ether oxygens (including phenoxy) is 2. The maximum atomic E-state index is 12.2. The summed E-state index contributed by atoms with van der Waals surface area (Å²) >= 11 is 0. The first kappa shape index (κ1) is 14.4. The fourth-order valence-corrected chi connectivity index (χ4v) is 2.63. The van der Waals surface area contributed by atoms with Crippen LogP contribution in [0.4, 0.5) is 5.69 Å². The highest BCUT2D eigenvalue weighted by molar-refractivity contribution is 5.88. The molecule has 3 rings (SSSR count). The zero-order valence-corrected chi connectivity index (χ0v) is 12.6. The van der Waals surface area contributed by atoms with Crippen molar-refractivity contribution in [1.29, 1.82) is 0 Å². The number of carbonyl (C=O) groups is 1. The lowest BCUT2D eigenvalue weighted by molar-refractivity contribution is -0.142. The summed E-state index contributed by atoms with van der Waals surface area (Å²) in [6.07, 6.45) is 1.74. The molecular formula is C17H18N2O3. The van der Waals surface area contributed by atoms with Crippen LogP contribution < -0.4 is 9.64 Å².